The molecule has 19 heavy (non-hydrogen) atoms. The van der Waals surface area contributed by atoms with Crippen molar-refractivity contribution in [2.45, 2.75) is 42.9 Å². The van der Waals surface area contributed by atoms with Crippen LogP contribution in [0.1, 0.15) is 32.0 Å². The van der Waals surface area contributed by atoms with E-state index < -0.39 is 0 Å². The molecule has 0 atom stereocenters. The van der Waals surface area contributed by atoms with E-state index in [0.29, 0.717) is 5.89 Å². The molecule has 1 aromatic heterocycles. The minimum absolute atomic E-state index is 0.201. The zero-order valence-electron chi connectivity index (χ0n) is 11.3. The molecule has 0 aliphatic rings. The lowest BCUT2D eigenvalue weighted by molar-refractivity contribution is 0.355. The Labute approximate surface area is 117 Å². The monoisotopic (exact) mass is 277 g/mol. The Hall–Kier alpha value is -1.33. The van der Waals surface area contributed by atoms with Gasteiger partial charge in [-0.1, -0.05) is 23.4 Å². The van der Waals surface area contributed by atoms with Crippen LogP contribution in [0.3, 0.4) is 0 Å². The second kappa shape index (κ2) is 6.21. The Kier molecular flexibility index (Phi) is 4.61. The molecule has 0 radical (unpaired) electrons. The summed E-state index contributed by atoms with van der Waals surface area (Å²) in [6.07, 6.45) is 1.56. The van der Waals surface area contributed by atoms with Crippen LogP contribution in [0, 0.1) is 0 Å². The standard InChI is InChI=1S/C14H19N3OS/c1-14(2,15)9-8-13-16-12(17-18-13)10-19-11-6-4-3-5-7-11/h3-7H,8-10,15H2,1-2H3. The molecule has 0 saturated heterocycles. The molecular weight excluding hydrogens is 258 g/mol. The third-order valence-corrected chi connectivity index (χ3v) is 3.61. The number of nitrogens with zero attached hydrogens (tertiary/aromatic N) is 2. The lowest BCUT2D eigenvalue weighted by Gasteiger charge is -2.16. The minimum Gasteiger partial charge on any atom is -0.339 e. The van der Waals surface area contributed by atoms with Crippen molar-refractivity contribution in [2.24, 2.45) is 5.73 Å². The first-order valence-electron chi connectivity index (χ1n) is 6.31. The average Bonchev–Trinajstić information content (AvgIpc) is 2.82. The molecule has 1 aromatic carbocycles. The topological polar surface area (TPSA) is 64.9 Å². The van der Waals surface area contributed by atoms with Crippen molar-refractivity contribution in [3.05, 3.63) is 42.0 Å². The van der Waals surface area contributed by atoms with Crippen LogP contribution >= 0.6 is 11.8 Å². The second-order valence-electron chi connectivity index (χ2n) is 5.19. The zero-order valence-corrected chi connectivity index (χ0v) is 12.1. The minimum atomic E-state index is -0.201. The molecular formula is C14H19N3OS. The number of nitrogens with two attached hydrogens (primary N) is 1. The highest BCUT2D eigenvalue weighted by atomic mass is 32.2. The van der Waals surface area contributed by atoms with Crippen molar-refractivity contribution in [2.75, 3.05) is 0 Å². The van der Waals surface area contributed by atoms with Gasteiger partial charge in [-0.2, -0.15) is 4.98 Å². The maximum atomic E-state index is 5.93. The van der Waals surface area contributed by atoms with Crippen LogP contribution in [0.5, 0.6) is 0 Å². The summed E-state index contributed by atoms with van der Waals surface area (Å²) < 4.78 is 5.22. The molecule has 4 nitrogen and oxygen atoms in total. The molecule has 0 aliphatic carbocycles. The third kappa shape index (κ3) is 5.04. The van der Waals surface area contributed by atoms with Gasteiger partial charge in [0.2, 0.25) is 5.89 Å². The van der Waals surface area contributed by atoms with Crippen molar-refractivity contribution < 1.29 is 4.52 Å². The smallest absolute Gasteiger partial charge is 0.226 e. The molecule has 102 valence electrons. The van der Waals surface area contributed by atoms with Gasteiger partial charge in [0.15, 0.2) is 5.82 Å². The second-order valence-corrected chi connectivity index (χ2v) is 6.24. The van der Waals surface area contributed by atoms with Crippen molar-refractivity contribution in [1.29, 1.82) is 0 Å². The first-order valence-corrected chi connectivity index (χ1v) is 7.30. The Morgan fingerprint density at radius 3 is 2.68 bits per heavy atom. The quantitative estimate of drug-likeness (QED) is 0.822. The van der Waals surface area contributed by atoms with Crippen LogP contribution in [-0.2, 0) is 12.2 Å². The van der Waals surface area contributed by atoms with E-state index in [-0.39, 0.29) is 5.54 Å². The molecule has 0 saturated carbocycles. The van der Waals surface area contributed by atoms with Crippen molar-refractivity contribution in [3.8, 4) is 0 Å². The number of aryl methyl sites for hydroxylation is 1. The number of thioether (sulfide) groups is 1. The summed E-state index contributed by atoms with van der Waals surface area (Å²) in [4.78, 5) is 5.58. The summed E-state index contributed by atoms with van der Waals surface area (Å²) in [5.74, 6) is 2.13. The summed E-state index contributed by atoms with van der Waals surface area (Å²) in [5.41, 5.74) is 5.73. The van der Waals surface area contributed by atoms with Crippen molar-refractivity contribution in [1.82, 2.24) is 10.1 Å². The van der Waals surface area contributed by atoms with Crippen LogP contribution in [-0.4, -0.2) is 15.7 Å². The fourth-order valence-electron chi connectivity index (χ4n) is 1.54. The fraction of sp³-hybridized carbons (Fsp3) is 0.429. The molecule has 5 heteroatoms. The van der Waals surface area contributed by atoms with Gasteiger partial charge >= 0.3 is 0 Å². The Bertz CT molecular complexity index is 505. The SMILES string of the molecule is CC(C)(N)CCc1nc(CSc2ccccc2)no1. The van der Waals surface area contributed by atoms with E-state index in [1.165, 1.54) is 4.90 Å². The normalized spacial score (nSPS) is 11.7. The van der Waals surface area contributed by atoms with Gasteiger partial charge in [0, 0.05) is 16.9 Å². The molecule has 0 amide bonds. The lowest BCUT2D eigenvalue weighted by atomic mass is 10.0. The van der Waals surface area contributed by atoms with E-state index in [1.54, 1.807) is 11.8 Å². The van der Waals surface area contributed by atoms with Crippen LogP contribution in [0.4, 0.5) is 0 Å². The molecule has 0 aliphatic heterocycles. The summed E-state index contributed by atoms with van der Waals surface area (Å²) >= 11 is 1.70. The largest absolute Gasteiger partial charge is 0.339 e. The van der Waals surface area contributed by atoms with Crippen LogP contribution in [0.2, 0.25) is 0 Å². The van der Waals surface area contributed by atoms with Crippen LogP contribution < -0.4 is 5.73 Å². The highest BCUT2D eigenvalue weighted by Crippen LogP contribution is 2.21. The van der Waals surface area contributed by atoms with Gasteiger partial charge in [0.25, 0.3) is 0 Å². The zero-order chi connectivity index (χ0) is 13.7. The molecule has 2 rings (SSSR count). The van der Waals surface area contributed by atoms with Gasteiger partial charge in [-0.3, -0.25) is 0 Å². The molecule has 1 heterocycles. The third-order valence-electron chi connectivity index (χ3n) is 2.60. The number of hydrogen-bond donors (Lipinski definition) is 1. The highest BCUT2D eigenvalue weighted by molar-refractivity contribution is 7.98. The first-order chi connectivity index (χ1) is 9.03. The van der Waals surface area contributed by atoms with E-state index in [1.807, 2.05) is 32.0 Å². The van der Waals surface area contributed by atoms with Gasteiger partial charge < -0.3 is 10.3 Å². The Morgan fingerprint density at radius 1 is 1.26 bits per heavy atom. The number of aromatic nitrogens is 2. The molecule has 0 fully saturated rings. The molecule has 0 spiro atoms. The molecule has 2 aromatic rings. The number of rotatable bonds is 6. The Morgan fingerprint density at radius 2 is 2.00 bits per heavy atom. The van der Waals surface area contributed by atoms with Gasteiger partial charge in [-0.05, 0) is 32.4 Å². The highest BCUT2D eigenvalue weighted by Gasteiger charge is 2.14. The van der Waals surface area contributed by atoms with Gasteiger partial charge in [-0.15, -0.1) is 11.8 Å². The molecule has 0 unspecified atom stereocenters. The van der Waals surface area contributed by atoms with Gasteiger partial charge in [0.05, 0.1) is 5.75 Å². The van der Waals surface area contributed by atoms with Crippen molar-refractivity contribution >= 4 is 11.8 Å². The predicted octanol–water partition coefficient (Wildman–Crippen LogP) is 3.03. The molecule has 2 N–H and O–H groups in total. The predicted molar refractivity (Wildman–Crippen MR) is 76.9 cm³/mol. The fourth-order valence-corrected chi connectivity index (χ4v) is 2.31. The van der Waals surface area contributed by atoms with Crippen LogP contribution in [0.15, 0.2) is 39.8 Å². The average molecular weight is 277 g/mol. The summed E-state index contributed by atoms with van der Waals surface area (Å²) in [6.45, 7) is 3.99. The van der Waals surface area contributed by atoms with Gasteiger partial charge in [0.1, 0.15) is 0 Å². The van der Waals surface area contributed by atoms with Crippen LogP contribution in [0.25, 0.3) is 0 Å². The van der Waals surface area contributed by atoms with E-state index in [0.717, 1.165) is 24.4 Å². The number of benzene rings is 1. The summed E-state index contributed by atoms with van der Waals surface area (Å²) in [7, 11) is 0. The van der Waals surface area contributed by atoms with E-state index in [2.05, 4.69) is 22.3 Å². The maximum Gasteiger partial charge on any atom is 0.226 e. The van der Waals surface area contributed by atoms with E-state index in [4.69, 9.17) is 10.3 Å². The first kappa shape index (κ1) is 14.1. The number of hydrogen-bond acceptors (Lipinski definition) is 5. The van der Waals surface area contributed by atoms with Gasteiger partial charge in [-0.25, -0.2) is 0 Å². The van der Waals surface area contributed by atoms with E-state index >= 15 is 0 Å². The lowest BCUT2D eigenvalue weighted by Crippen LogP contribution is -2.32. The Balaban J connectivity index is 1.84. The van der Waals surface area contributed by atoms with Crippen molar-refractivity contribution in [3.63, 3.8) is 0 Å². The summed E-state index contributed by atoms with van der Waals surface area (Å²) in [5, 5.41) is 3.98. The maximum absolute atomic E-state index is 5.93. The molecule has 0 bridgehead atoms. The summed E-state index contributed by atoms with van der Waals surface area (Å²) in [6, 6.07) is 10.2. The van der Waals surface area contributed by atoms with E-state index in [9.17, 15) is 0 Å².